The van der Waals surface area contributed by atoms with Gasteiger partial charge in [-0.15, -0.1) is 0 Å². The van der Waals surface area contributed by atoms with E-state index in [1.54, 1.807) is 0 Å². The molecule has 1 aromatic heterocycles. The summed E-state index contributed by atoms with van der Waals surface area (Å²) in [6.07, 6.45) is 13.6. The van der Waals surface area contributed by atoms with Crippen molar-refractivity contribution < 1.29 is 0 Å². The van der Waals surface area contributed by atoms with Crippen molar-refractivity contribution in [2.75, 3.05) is 7.05 Å². The first-order valence-electron chi connectivity index (χ1n) is 7.07. The maximum Gasteiger partial charge on any atom is 0.0410 e. The van der Waals surface area contributed by atoms with Gasteiger partial charge in [-0.25, -0.2) is 0 Å². The Bertz CT molecular complexity index is 361. The lowest BCUT2D eigenvalue weighted by Crippen LogP contribution is -2.18. The third kappa shape index (κ3) is 4.06. The first-order valence-corrected chi connectivity index (χ1v) is 7.86. The van der Waals surface area contributed by atoms with Crippen LogP contribution in [0.15, 0.2) is 22.9 Å². The van der Waals surface area contributed by atoms with Gasteiger partial charge in [-0.3, -0.25) is 4.98 Å². The highest BCUT2D eigenvalue weighted by atomic mass is 79.9. The summed E-state index contributed by atoms with van der Waals surface area (Å²) in [5.74, 6) is 0.953. The lowest BCUT2D eigenvalue weighted by Gasteiger charge is -2.24. The molecule has 0 amide bonds. The molecule has 1 saturated carbocycles. The van der Waals surface area contributed by atoms with Crippen molar-refractivity contribution in [1.29, 1.82) is 0 Å². The molecule has 0 aromatic carbocycles. The quantitative estimate of drug-likeness (QED) is 0.868. The molecule has 3 heteroatoms. The van der Waals surface area contributed by atoms with Gasteiger partial charge in [-0.1, -0.05) is 32.1 Å². The van der Waals surface area contributed by atoms with Crippen molar-refractivity contribution in [2.45, 2.75) is 51.0 Å². The van der Waals surface area contributed by atoms with Crippen LogP contribution in [0, 0.1) is 5.92 Å². The third-order valence-electron chi connectivity index (χ3n) is 4.07. The van der Waals surface area contributed by atoms with Gasteiger partial charge < -0.3 is 5.32 Å². The minimum atomic E-state index is 0.442. The van der Waals surface area contributed by atoms with E-state index in [1.165, 1.54) is 50.5 Å². The molecule has 0 radical (unpaired) electrons. The maximum absolute atomic E-state index is 4.26. The zero-order chi connectivity index (χ0) is 12.8. The van der Waals surface area contributed by atoms with Crippen LogP contribution >= 0.6 is 15.9 Å². The maximum atomic E-state index is 4.26. The summed E-state index contributed by atoms with van der Waals surface area (Å²) < 4.78 is 1.07. The standard InChI is InChI=1S/C15H23BrN2/c1-17-15(13-9-14(16)11-18-10-13)8-7-12-5-3-2-4-6-12/h9-12,15,17H,2-8H2,1H3. The van der Waals surface area contributed by atoms with Crippen molar-refractivity contribution in [1.82, 2.24) is 10.3 Å². The average molecular weight is 311 g/mol. The lowest BCUT2D eigenvalue weighted by molar-refractivity contribution is 0.317. The largest absolute Gasteiger partial charge is 0.313 e. The third-order valence-corrected chi connectivity index (χ3v) is 4.50. The van der Waals surface area contributed by atoms with E-state index in [4.69, 9.17) is 0 Å². The summed E-state index contributed by atoms with van der Waals surface area (Å²) in [4.78, 5) is 4.26. The molecule has 1 unspecified atom stereocenters. The Morgan fingerprint density at radius 3 is 2.78 bits per heavy atom. The summed E-state index contributed by atoms with van der Waals surface area (Å²) in [6, 6.07) is 2.62. The minimum absolute atomic E-state index is 0.442. The molecule has 2 nitrogen and oxygen atoms in total. The predicted octanol–water partition coefficient (Wildman–Crippen LogP) is 4.47. The van der Waals surface area contributed by atoms with Crippen LogP contribution in [0.5, 0.6) is 0 Å². The first kappa shape index (κ1) is 14.0. The van der Waals surface area contributed by atoms with Gasteiger partial charge in [-0.2, -0.15) is 0 Å². The van der Waals surface area contributed by atoms with E-state index in [9.17, 15) is 0 Å². The van der Waals surface area contributed by atoms with Gasteiger partial charge in [0.2, 0.25) is 0 Å². The first-order chi connectivity index (χ1) is 8.79. The number of hydrogen-bond acceptors (Lipinski definition) is 2. The van der Waals surface area contributed by atoms with E-state index in [0.717, 1.165) is 10.4 Å². The van der Waals surface area contributed by atoms with E-state index in [2.05, 4.69) is 32.3 Å². The summed E-state index contributed by atoms with van der Waals surface area (Å²) in [5.41, 5.74) is 1.29. The van der Waals surface area contributed by atoms with Gasteiger partial charge in [0.1, 0.15) is 0 Å². The van der Waals surface area contributed by atoms with Gasteiger partial charge in [0.15, 0.2) is 0 Å². The summed E-state index contributed by atoms with van der Waals surface area (Å²) >= 11 is 3.50. The number of rotatable bonds is 5. The molecule has 0 bridgehead atoms. The lowest BCUT2D eigenvalue weighted by atomic mass is 9.84. The second-order valence-electron chi connectivity index (χ2n) is 5.36. The van der Waals surface area contributed by atoms with E-state index in [-0.39, 0.29) is 0 Å². The number of hydrogen-bond donors (Lipinski definition) is 1. The molecule has 0 aliphatic heterocycles. The highest BCUT2D eigenvalue weighted by Crippen LogP contribution is 2.30. The highest BCUT2D eigenvalue weighted by Gasteiger charge is 2.16. The summed E-state index contributed by atoms with van der Waals surface area (Å²) in [6.45, 7) is 0. The van der Waals surface area contributed by atoms with Crippen LogP contribution in [-0.2, 0) is 0 Å². The van der Waals surface area contributed by atoms with Crippen molar-refractivity contribution in [3.63, 3.8) is 0 Å². The Kier molecular flexibility index (Phi) is 5.64. The van der Waals surface area contributed by atoms with Gasteiger partial charge in [0, 0.05) is 22.9 Å². The van der Waals surface area contributed by atoms with Gasteiger partial charge >= 0.3 is 0 Å². The Morgan fingerprint density at radius 1 is 1.33 bits per heavy atom. The SMILES string of the molecule is CNC(CCC1CCCCC1)c1cncc(Br)c1. The molecule has 2 rings (SSSR count). The van der Waals surface area contributed by atoms with Crippen LogP contribution in [0.25, 0.3) is 0 Å². The predicted molar refractivity (Wildman–Crippen MR) is 79.5 cm³/mol. The van der Waals surface area contributed by atoms with Crippen LogP contribution in [0.4, 0.5) is 0 Å². The topological polar surface area (TPSA) is 24.9 Å². The van der Waals surface area contributed by atoms with Crippen molar-refractivity contribution in [3.8, 4) is 0 Å². The molecule has 1 heterocycles. The molecule has 1 aliphatic carbocycles. The smallest absolute Gasteiger partial charge is 0.0410 e. The molecular formula is C15H23BrN2. The van der Waals surface area contributed by atoms with Crippen LogP contribution < -0.4 is 5.32 Å². The molecule has 18 heavy (non-hydrogen) atoms. The summed E-state index contributed by atoms with van der Waals surface area (Å²) in [5, 5.41) is 3.42. The van der Waals surface area contributed by atoms with Gasteiger partial charge in [-0.05, 0) is 53.4 Å². The zero-order valence-corrected chi connectivity index (χ0v) is 12.7. The number of nitrogens with zero attached hydrogens (tertiary/aromatic N) is 1. The Hall–Kier alpha value is -0.410. The fourth-order valence-corrected chi connectivity index (χ4v) is 3.36. The monoisotopic (exact) mass is 310 g/mol. The molecule has 1 aromatic rings. The van der Waals surface area contributed by atoms with Crippen molar-refractivity contribution in [3.05, 3.63) is 28.5 Å². The Labute approximate surface area is 119 Å². The molecule has 1 atom stereocenters. The molecule has 1 aliphatic rings. The van der Waals surface area contributed by atoms with Crippen LogP contribution in [0.3, 0.4) is 0 Å². The molecule has 100 valence electrons. The molecule has 0 saturated heterocycles. The number of nitrogens with one attached hydrogen (secondary N) is 1. The summed E-state index contributed by atoms with van der Waals surface area (Å²) in [7, 11) is 2.05. The number of aromatic nitrogens is 1. The highest BCUT2D eigenvalue weighted by molar-refractivity contribution is 9.10. The number of pyridine rings is 1. The van der Waals surface area contributed by atoms with Crippen LogP contribution in [0.1, 0.15) is 56.6 Å². The minimum Gasteiger partial charge on any atom is -0.313 e. The molecule has 0 spiro atoms. The van der Waals surface area contributed by atoms with Crippen molar-refractivity contribution in [2.24, 2.45) is 5.92 Å². The van der Waals surface area contributed by atoms with E-state index in [1.807, 2.05) is 19.4 Å². The number of halogens is 1. The fourth-order valence-electron chi connectivity index (χ4n) is 2.97. The van der Waals surface area contributed by atoms with Crippen LogP contribution in [-0.4, -0.2) is 12.0 Å². The second kappa shape index (κ2) is 7.25. The molecule has 1 N–H and O–H groups in total. The van der Waals surface area contributed by atoms with E-state index in [0.29, 0.717) is 6.04 Å². The second-order valence-corrected chi connectivity index (χ2v) is 6.27. The van der Waals surface area contributed by atoms with Crippen molar-refractivity contribution >= 4 is 15.9 Å². The Balaban J connectivity index is 1.88. The normalized spacial score (nSPS) is 18.8. The zero-order valence-electron chi connectivity index (χ0n) is 11.2. The fraction of sp³-hybridized carbons (Fsp3) is 0.667. The van der Waals surface area contributed by atoms with E-state index < -0.39 is 0 Å². The van der Waals surface area contributed by atoms with Gasteiger partial charge in [0.05, 0.1) is 0 Å². The molecular weight excluding hydrogens is 288 g/mol. The average Bonchev–Trinajstić information content (AvgIpc) is 2.41. The van der Waals surface area contributed by atoms with Crippen LogP contribution in [0.2, 0.25) is 0 Å². The van der Waals surface area contributed by atoms with Gasteiger partial charge in [0.25, 0.3) is 0 Å². The molecule has 1 fully saturated rings. The van der Waals surface area contributed by atoms with E-state index >= 15 is 0 Å². The Morgan fingerprint density at radius 2 is 2.11 bits per heavy atom.